The van der Waals surface area contributed by atoms with Crippen molar-refractivity contribution >= 4 is 34.2 Å². The van der Waals surface area contributed by atoms with Gasteiger partial charge in [0.05, 0.1) is 20.8 Å². The third-order valence-corrected chi connectivity index (χ3v) is 4.78. The third kappa shape index (κ3) is 4.56. The van der Waals surface area contributed by atoms with Crippen molar-refractivity contribution in [1.82, 2.24) is 4.98 Å². The molecule has 0 aromatic carbocycles. The van der Waals surface area contributed by atoms with E-state index >= 15 is 0 Å². The van der Waals surface area contributed by atoms with E-state index in [1.54, 1.807) is 12.1 Å². The van der Waals surface area contributed by atoms with E-state index in [0.717, 1.165) is 5.56 Å². The Balaban J connectivity index is 3.10. The predicted octanol–water partition coefficient (Wildman–Crippen LogP) is 3.84. The lowest BCUT2D eigenvalue weighted by Gasteiger charge is -2.27. The molecule has 1 heterocycles. The molecule has 0 fully saturated rings. The molecule has 19 heavy (non-hydrogen) atoms. The Morgan fingerprint density at radius 1 is 1.58 bits per heavy atom. The predicted molar refractivity (Wildman–Crippen MR) is 82.8 cm³/mol. The van der Waals surface area contributed by atoms with Crippen LogP contribution in [0.15, 0.2) is 24.9 Å². The molecule has 1 unspecified atom stereocenters. The van der Waals surface area contributed by atoms with E-state index in [1.807, 2.05) is 13.8 Å². The Hall–Kier alpha value is -0.420. The van der Waals surface area contributed by atoms with Crippen LogP contribution in [0.5, 0.6) is 0 Å². The molecule has 0 radical (unpaired) electrons. The highest BCUT2D eigenvalue weighted by atomic mass is 35.5. The van der Waals surface area contributed by atoms with Gasteiger partial charge in [-0.2, -0.15) is 0 Å². The van der Waals surface area contributed by atoms with E-state index in [1.165, 1.54) is 6.20 Å². The summed E-state index contributed by atoms with van der Waals surface area (Å²) in [5.41, 5.74) is 0.840. The van der Waals surface area contributed by atoms with Crippen LogP contribution in [0.2, 0.25) is 10.2 Å². The third-order valence-electron chi connectivity index (χ3n) is 3.01. The van der Waals surface area contributed by atoms with Gasteiger partial charge < -0.3 is 0 Å². The zero-order chi connectivity index (χ0) is 14.6. The SMILES string of the molecule is C=CC[C@@H](CC(C)(C)S(N)=O)c1cc(Cl)cnc1Cl. The Kier molecular flexibility index (Phi) is 5.99. The van der Waals surface area contributed by atoms with E-state index < -0.39 is 15.7 Å². The van der Waals surface area contributed by atoms with Crippen molar-refractivity contribution in [3.05, 3.63) is 40.7 Å². The van der Waals surface area contributed by atoms with Gasteiger partial charge in [-0.3, -0.25) is 5.14 Å². The minimum Gasteiger partial charge on any atom is -0.251 e. The molecular formula is C13H18Cl2N2OS. The number of hydrogen-bond acceptors (Lipinski definition) is 2. The second-order valence-corrected chi connectivity index (χ2v) is 7.51. The fourth-order valence-corrected chi connectivity index (χ4v) is 2.71. The number of hydrogen-bond donors (Lipinski definition) is 1. The minimum absolute atomic E-state index is 0.0405. The molecule has 6 heteroatoms. The van der Waals surface area contributed by atoms with Gasteiger partial charge >= 0.3 is 0 Å². The van der Waals surface area contributed by atoms with Crippen LogP contribution in [0.25, 0.3) is 0 Å². The first kappa shape index (κ1) is 16.6. The minimum atomic E-state index is -1.42. The first-order chi connectivity index (χ1) is 8.77. The Labute approximate surface area is 126 Å². The number of nitrogens with zero attached hydrogens (tertiary/aromatic N) is 1. The molecule has 0 aliphatic rings. The Bertz CT molecular complexity index is 492. The van der Waals surface area contributed by atoms with E-state index in [-0.39, 0.29) is 5.92 Å². The molecule has 0 bridgehead atoms. The summed E-state index contributed by atoms with van der Waals surface area (Å²) < 4.78 is 11.1. The summed E-state index contributed by atoms with van der Waals surface area (Å²) in [6, 6.07) is 1.79. The normalized spacial score (nSPS) is 15.0. The maximum Gasteiger partial charge on any atom is 0.132 e. The standard InChI is InChI=1S/C13H18Cl2N2OS/c1-4-5-9(7-13(2,3)19(16)18)11-6-10(14)8-17-12(11)15/h4,6,8-9H,1,5,7,16H2,2-3H3/t9-,19?/m0/s1. The molecule has 0 aliphatic carbocycles. The summed E-state index contributed by atoms with van der Waals surface area (Å²) in [5, 5.41) is 6.47. The van der Waals surface area contributed by atoms with Crippen LogP contribution >= 0.6 is 23.2 Å². The van der Waals surface area contributed by atoms with Crippen molar-refractivity contribution in [1.29, 1.82) is 0 Å². The lowest BCUT2D eigenvalue weighted by molar-refractivity contribution is 0.519. The Morgan fingerprint density at radius 3 is 2.74 bits per heavy atom. The molecule has 0 saturated carbocycles. The average molecular weight is 321 g/mol. The van der Waals surface area contributed by atoms with Crippen LogP contribution in [0.4, 0.5) is 0 Å². The number of aromatic nitrogens is 1. The summed E-state index contributed by atoms with van der Waals surface area (Å²) in [7, 11) is -1.42. The maximum absolute atomic E-state index is 11.6. The van der Waals surface area contributed by atoms with Gasteiger partial charge in [-0.15, -0.1) is 6.58 Å². The highest BCUT2D eigenvalue weighted by Crippen LogP contribution is 2.35. The Morgan fingerprint density at radius 2 is 2.21 bits per heavy atom. The zero-order valence-electron chi connectivity index (χ0n) is 11.0. The highest BCUT2D eigenvalue weighted by molar-refractivity contribution is 7.84. The fourth-order valence-electron chi connectivity index (χ4n) is 1.92. The van der Waals surface area contributed by atoms with Gasteiger partial charge in [0.15, 0.2) is 0 Å². The van der Waals surface area contributed by atoms with Crippen molar-refractivity contribution in [3.63, 3.8) is 0 Å². The molecule has 106 valence electrons. The number of allylic oxidation sites excluding steroid dienone is 1. The summed E-state index contributed by atoms with van der Waals surface area (Å²) >= 11 is 12.1. The van der Waals surface area contributed by atoms with E-state index in [9.17, 15) is 4.21 Å². The molecule has 1 aromatic heterocycles. The molecule has 3 nitrogen and oxygen atoms in total. The quantitative estimate of drug-likeness (QED) is 0.639. The molecular weight excluding hydrogens is 303 g/mol. The smallest absolute Gasteiger partial charge is 0.132 e. The van der Waals surface area contributed by atoms with Gasteiger partial charge in [0.2, 0.25) is 0 Å². The molecule has 1 rings (SSSR count). The number of rotatable bonds is 6. The number of pyridine rings is 1. The van der Waals surface area contributed by atoms with E-state index in [0.29, 0.717) is 23.0 Å². The molecule has 0 saturated heterocycles. The van der Waals surface area contributed by atoms with Crippen LogP contribution < -0.4 is 5.14 Å². The van der Waals surface area contributed by atoms with Crippen molar-refractivity contribution in [2.75, 3.05) is 0 Å². The first-order valence-corrected chi connectivity index (χ1v) is 7.83. The second kappa shape index (κ2) is 6.84. The monoisotopic (exact) mass is 320 g/mol. The van der Waals surface area contributed by atoms with Crippen LogP contribution in [0.3, 0.4) is 0 Å². The molecule has 0 aliphatic heterocycles. The molecule has 0 spiro atoms. The largest absolute Gasteiger partial charge is 0.251 e. The van der Waals surface area contributed by atoms with Crippen LogP contribution in [0.1, 0.15) is 38.2 Å². The average Bonchev–Trinajstić information content (AvgIpc) is 2.31. The lowest BCUT2D eigenvalue weighted by Crippen LogP contribution is -2.33. The maximum atomic E-state index is 11.6. The first-order valence-electron chi connectivity index (χ1n) is 5.86. The van der Waals surface area contributed by atoms with Gasteiger partial charge in [0.25, 0.3) is 0 Å². The fraction of sp³-hybridized carbons (Fsp3) is 0.462. The summed E-state index contributed by atoms with van der Waals surface area (Å²) in [5.74, 6) is 0.0405. The molecule has 2 N–H and O–H groups in total. The highest BCUT2D eigenvalue weighted by Gasteiger charge is 2.29. The number of halogens is 2. The van der Waals surface area contributed by atoms with Crippen molar-refractivity contribution < 1.29 is 4.21 Å². The van der Waals surface area contributed by atoms with Crippen molar-refractivity contribution in [2.45, 2.75) is 37.4 Å². The number of nitrogens with two attached hydrogens (primary N) is 1. The van der Waals surface area contributed by atoms with Crippen LogP contribution in [-0.4, -0.2) is 13.9 Å². The van der Waals surface area contributed by atoms with Crippen molar-refractivity contribution in [2.24, 2.45) is 5.14 Å². The van der Waals surface area contributed by atoms with Gasteiger partial charge in [0.1, 0.15) is 5.15 Å². The molecule has 2 atom stereocenters. The molecule has 0 amide bonds. The lowest BCUT2D eigenvalue weighted by atomic mass is 9.88. The van der Waals surface area contributed by atoms with Crippen LogP contribution in [0, 0.1) is 0 Å². The summed E-state index contributed by atoms with van der Waals surface area (Å²) in [6.07, 6.45) is 4.62. The zero-order valence-corrected chi connectivity index (χ0v) is 13.4. The van der Waals surface area contributed by atoms with Gasteiger partial charge in [0, 0.05) is 6.20 Å². The second-order valence-electron chi connectivity index (χ2n) is 5.02. The van der Waals surface area contributed by atoms with E-state index in [4.69, 9.17) is 28.3 Å². The molecule has 1 aromatic rings. The van der Waals surface area contributed by atoms with Gasteiger partial charge in [-0.1, -0.05) is 29.3 Å². The summed E-state index contributed by atoms with van der Waals surface area (Å²) in [6.45, 7) is 7.48. The van der Waals surface area contributed by atoms with Crippen molar-refractivity contribution in [3.8, 4) is 0 Å². The van der Waals surface area contributed by atoms with Gasteiger partial charge in [-0.25, -0.2) is 9.19 Å². The topological polar surface area (TPSA) is 56.0 Å². The van der Waals surface area contributed by atoms with Crippen LogP contribution in [-0.2, 0) is 11.0 Å². The van der Waals surface area contributed by atoms with Gasteiger partial charge in [-0.05, 0) is 44.2 Å². The van der Waals surface area contributed by atoms with E-state index in [2.05, 4.69) is 11.6 Å². The summed E-state index contributed by atoms with van der Waals surface area (Å²) in [4.78, 5) is 4.05.